The Bertz CT molecular complexity index is 265. The standard InChI is InChI=1S/C12H22N2O2S/c1-16-12(15)7-4-8-14(9-11(13)17)10-5-2-3-6-10/h10H,2-9H2,1H3,(H2,13,17). The quantitative estimate of drug-likeness (QED) is 0.553. The highest BCUT2D eigenvalue weighted by atomic mass is 32.1. The first-order chi connectivity index (χ1) is 8.13. The van der Waals surface area contributed by atoms with Gasteiger partial charge in [-0.3, -0.25) is 9.69 Å². The molecule has 0 aromatic carbocycles. The monoisotopic (exact) mass is 258 g/mol. The van der Waals surface area contributed by atoms with Crippen molar-refractivity contribution in [3.8, 4) is 0 Å². The smallest absolute Gasteiger partial charge is 0.305 e. The van der Waals surface area contributed by atoms with Crippen molar-refractivity contribution in [1.82, 2.24) is 4.90 Å². The second-order valence-electron chi connectivity index (χ2n) is 4.55. The van der Waals surface area contributed by atoms with Gasteiger partial charge in [0, 0.05) is 19.0 Å². The van der Waals surface area contributed by atoms with E-state index in [0.717, 1.165) is 13.0 Å². The van der Waals surface area contributed by atoms with Crippen molar-refractivity contribution >= 4 is 23.2 Å². The molecule has 1 aliphatic carbocycles. The number of methoxy groups -OCH3 is 1. The molecule has 0 spiro atoms. The van der Waals surface area contributed by atoms with E-state index in [9.17, 15) is 4.79 Å². The van der Waals surface area contributed by atoms with Crippen LogP contribution in [0.3, 0.4) is 0 Å². The molecule has 0 aromatic heterocycles. The van der Waals surface area contributed by atoms with E-state index >= 15 is 0 Å². The van der Waals surface area contributed by atoms with Crippen LogP contribution in [0.4, 0.5) is 0 Å². The van der Waals surface area contributed by atoms with Crippen molar-refractivity contribution in [3.05, 3.63) is 0 Å². The molecule has 1 saturated carbocycles. The Labute approximate surface area is 108 Å². The zero-order chi connectivity index (χ0) is 12.7. The first kappa shape index (κ1) is 14.4. The molecular weight excluding hydrogens is 236 g/mol. The van der Waals surface area contributed by atoms with Gasteiger partial charge in [0.05, 0.1) is 12.1 Å². The van der Waals surface area contributed by atoms with Gasteiger partial charge >= 0.3 is 5.97 Å². The van der Waals surface area contributed by atoms with Crippen LogP contribution in [0.2, 0.25) is 0 Å². The van der Waals surface area contributed by atoms with Gasteiger partial charge in [-0.1, -0.05) is 25.1 Å². The number of nitrogens with zero attached hydrogens (tertiary/aromatic N) is 1. The zero-order valence-electron chi connectivity index (χ0n) is 10.5. The fourth-order valence-electron chi connectivity index (χ4n) is 2.39. The van der Waals surface area contributed by atoms with Gasteiger partial charge in [0.15, 0.2) is 0 Å². The minimum Gasteiger partial charge on any atom is -0.469 e. The van der Waals surface area contributed by atoms with Crippen LogP contribution in [-0.4, -0.2) is 42.1 Å². The molecule has 0 amide bonds. The van der Waals surface area contributed by atoms with Gasteiger partial charge in [-0.15, -0.1) is 0 Å². The van der Waals surface area contributed by atoms with Gasteiger partial charge in [0.25, 0.3) is 0 Å². The summed E-state index contributed by atoms with van der Waals surface area (Å²) in [6, 6.07) is 0.592. The third-order valence-electron chi connectivity index (χ3n) is 3.25. The number of carbonyl (C=O) groups is 1. The minimum absolute atomic E-state index is 0.147. The summed E-state index contributed by atoms with van der Waals surface area (Å²) in [6.45, 7) is 1.54. The van der Waals surface area contributed by atoms with Crippen molar-refractivity contribution in [1.29, 1.82) is 0 Å². The molecule has 1 fully saturated rings. The molecule has 0 unspecified atom stereocenters. The molecule has 0 radical (unpaired) electrons. The average Bonchev–Trinajstić information content (AvgIpc) is 2.80. The highest BCUT2D eigenvalue weighted by molar-refractivity contribution is 7.80. The Balaban J connectivity index is 2.34. The summed E-state index contributed by atoms with van der Waals surface area (Å²) < 4.78 is 4.63. The fourth-order valence-corrected chi connectivity index (χ4v) is 2.55. The second-order valence-corrected chi connectivity index (χ2v) is 5.08. The highest BCUT2D eigenvalue weighted by Crippen LogP contribution is 2.23. The molecule has 0 bridgehead atoms. The van der Waals surface area contributed by atoms with Crippen molar-refractivity contribution in [2.45, 2.75) is 44.6 Å². The van der Waals surface area contributed by atoms with E-state index in [2.05, 4.69) is 9.64 Å². The van der Waals surface area contributed by atoms with E-state index in [4.69, 9.17) is 18.0 Å². The number of esters is 1. The van der Waals surface area contributed by atoms with E-state index in [1.165, 1.54) is 32.8 Å². The molecule has 0 aromatic rings. The van der Waals surface area contributed by atoms with Crippen LogP contribution in [0.5, 0.6) is 0 Å². The van der Waals surface area contributed by atoms with Crippen molar-refractivity contribution in [2.24, 2.45) is 5.73 Å². The highest BCUT2D eigenvalue weighted by Gasteiger charge is 2.22. The van der Waals surface area contributed by atoms with Crippen LogP contribution in [0.1, 0.15) is 38.5 Å². The summed E-state index contributed by atoms with van der Waals surface area (Å²) in [5, 5.41) is 0. The maximum atomic E-state index is 11.0. The average molecular weight is 258 g/mol. The van der Waals surface area contributed by atoms with E-state index in [-0.39, 0.29) is 5.97 Å². The second kappa shape index (κ2) is 7.61. The Morgan fingerprint density at radius 1 is 1.47 bits per heavy atom. The lowest BCUT2D eigenvalue weighted by Crippen LogP contribution is -2.40. The Hall–Kier alpha value is -0.680. The molecule has 0 saturated heterocycles. The third-order valence-corrected chi connectivity index (χ3v) is 3.38. The number of nitrogens with two attached hydrogens (primary N) is 1. The van der Waals surface area contributed by atoms with E-state index < -0.39 is 0 Å². The predicted molar refractivity (Wildman–Crippen MR) is 71.9 cm³/mol. The number of hydrogen-bond donors (Lipinski definition) is 1. The molecule has 98 valence electrons. The van der Waals surface area contributed by atoms with E-state index in [1.807, 2.05) is 0 Å². The van der Waals surface area contributed by atoms with Crippen LogP contribution in [-0.2, 0) is 9.53 Å². The van der Waals surface area contributed by atoms with Crippen LogP contribution < -0.4 is 5.73 Å². The Morgan fingerprint density at radius 2 is 2.12 bits per heavy atom. The molecule has 1 rings (SSSR count). The molecule has 17 heavy (non-hydrogen) atoms. The fraction of sp³-hybridized carbons (Fsp3) is 0.833. The molecule has 2 N–H and O–H groups in total. The number of ether oxygens (including phenoxy) is 1. The topological polar surface area (TPSA) is 55.6 Å². The van der Waals surface area contributed by atoms with Crippen LogP contribution in [0.25, 0.3) is 0 Å². The summed E-state index contributed by atoms with van der Waals surface area (Å²) in [6.07, 6.45) is 6.30. The SMILES string of the molecule is COC(=O)CCCN(CC(N)=S)C1CCCC1. The first-order valence-electron chi connectivity index (χ1n) is 6.22. The lowest BCUT2D eigenvalue weighted by atomic mass is 10.2. The van der Waals surface area contributed by atoms with Crippen molar-refractivity contribution < 1.29 is 9.53 Å². The normalized spacial score (nSPS) is 16.4. The third kappa shape index (κ3) is 5.46. The zero-order valence-corrected chi connectivity index (χ0v) is 11.3. The largest absolute Gasteiger partial charge is 0.469 e. The van der Waals surface area contributed by atoms with Gasteiger partial charge in [-0.05, 0) is 25.8 Å². The maximum Gasteiger partial charge on any atom is 0.305 e. The van der Waals surface area contributed by atoms with Gasteiger partial charge in [0.2, 0.25) is 0 Å². The minimum atomic E-state index is -0.147. The Morgan fingerprint density at radius 3 is 2.65 bits per heavy atom. The summed E-state index contributed by atoms with van der Waals surface area (Å²) in [5.74, 6) is -0.147. The predicted octanol–water partition coefficient (Wildman–Crippen LogP) is 1.47. The van der Waals surface area contributed by atoms with Crippen LogP contribution in [0, 0.1) is 0 Å². The van der Waals surface area contributed by atoms with E-state index in [1.54, 1.807) is 0 Å². The summed E-state index contributed by atoms with van der Waals surface area (Å²) >= 11 is 4.98. The van der Waals surface area contributed by atoms with Crippen LogP contribution >= 0.6 is 12.2 Å². The lowest BCUT2D eigenvalue weighted by molar-refractivity contribution is -0.140. The summed E-state index contributed by atoms with van der Waals surface area (Å²) in [7, 11) is 1.42. The number of rotatable bonds is 7. The molecule has 5 heteroatoms. The maximum absolute atomic E-state index is 11.0. The number of thiocarbonyl (C=S) groups is 1. The first-order valence-corrected chi connectivity index (χ1v) is 6.63. The molecule has 1 aliphatic rings. The number of carbonyl (C=O) groups excluding carboxylic acids is 1. The molecular formula is C12H22N2O2S. The lowest BCUT2D eigenvalue weighted by Gasteiger charge is -2.28. The van der Waals surface area contributed by atoms with Crippen molar-refractivity contribution in [2.75, 3.05) is 20.2 Å². The van der Waals surface area contributed by atoms with Crippen molar-refractivity contribution in [3.63, 3.8) is 0 Å². The summed E-state index contributed by atoms with van der Waals surface area (Å²) in [4.78, 5) is 13.9. The molecule has 0 heterocycles. The van der Waals surface area contributed by atoms with E-state index in [0.29, 0.717) is 24.0 Å². The Kier molecular flexibility index (Phi) is 6.44. The molecule has 4 nitrogen and oxygen atoms in total. The molecule has 0 atom stereocenters. The van der Waals surface area contributed by atoms with Gasteiger partial charge in [-0.25, -0.2) is 0 Å². The van der Waals surface area contributed by atoms with Crippen LogP contribution in [0.15, 0.2) is 0 Å². The summed E-state index contributed by atoms with van der Waals surface area (Å²) in [5.41, 5.74) is 5.62. The van der Waals surface area contributed by atoms with Gasteiger partial charge in [0.1, 0.15) is 0 Å². The van der Waals surface area contributed by atoms with Gasteiger partial charge in [-0.2, -0.15) is 0 Å². The number of hydrogen-bond acceptors (Lipinski definition) is 4. The molecule has 0 aliphatic heterocycles. The van der Waals surface area contributed by atoms with Gasteiger partial charge < -0.3 is 10.5 Å².